The van der Waals surface area contributed by atoms with Gasteiger partial charge in [-0.1, -0.05) is 12.1 Å². The van der Waals surface area contributed by atoms with E-state index in [0.717, 1.165) is 24.1 Å². The highest BCUT2D eigenvalue weighted by Gasteiger charge is 2.36. The van der Waals surface area contributed by atoms with Gasteiger partial charge in [0.25, 0.3) is 0 Å². The maximum atomic E-state index is 13.9. The van der Waals surface area contributed by atoms with Crippen LogP contribution < -0.4 is 29.9 Å². The van der Waals surface area contributed by atoms with Crippen LogP contribution in [0.4, 0.5) is 47.7 Å². The van der Waals surface area contributed by atoms with E-state index < -0.39 is 11.7 Å². The normalized spacial score (nSPS) is 16.6. The van der Waals surface area contributed by atoms with Crippen LogP contribution in [0.5, 0.6) is 11.5 Å². The largest absolute Gasteiger partial charge is 0.494 e. The Kier molecular flexibility index (Phi) is 6.45. The van der Waals surface area contributed by atoms with E-state index in [1.165, 1.54) is 0 Å². The number of morpholine rings is 1. The Labute approximate surface area is 228 Å². The van der Waals surface area contributed by atoms with E-state index in [1.807, 2.05) is 37.2 Å². The van der Waals surface area contributed by atoms with Gasteiger partial charge in [-0.15, -0.1) is 0 Å². The number of hydrogen-bond donors (Lipinski definition) is 3. The van der Waals surface area contributed by atoms with Gasteiger partial charge >= 0.3 is 6.18 Å². The predicted octanol–water partition coefficient (Wildman–Crippen LogP) is 5.14. The van der Waals surface area contributed by atoms with Crippen molar-refractivity contribution in [3.8, 4) is 11.5 Å². The maximum absolute atomic E-state index is 13.9. The van der Waals surface area contributed by atoms with Crippen LogP contribution in [-0.2, 0) is 10.9 Å². The highest BCUT2D eigenvalue weighted by atomic mass is 19.4. The number of para-hydroxylation sites is 2. The SMILES string of the molecule is COc1cc2c(cc1Nc1nc(Nc3ccccc3N(C)C)c3c(C(F)(F)F)c[nH]c3n1)OCC1COCCN21. The molecule has 0 bridgehead atoms. The number of nitrogens with zero attached hydrogens (tertiary/aromatic N) is 4. The van der Waals surface area contributed by atoms with Crippen LogP contribution >= 0.6 is 0 Å². The summed E-state index contributed by atoms with van der Waals surface area (Å²) in [4.78, 5) is 15.6. The number of benzene rings is 2. The molecule has 13 heteroatoms. The van der Waals surface area contributed by atoms with Gasteiger partial charge in [-0.05, 0) is 12.1 Å². The van der Waals surface area contributed by atoms with Gasteiger partial charge in [-0.3, -0.25) is 0 Å². The molecule has 1 unspecified atom stereocenters. The van der Waals surface area contributed by atoms with Gasteiger partial charge in [0.1, 0.15) is 29.6 Å². The molecule has 0 spiro atoms. The summed E-state index contributed by atoms with van der Waals surface area (Å²) in [5.74, 6) is 1.24. The van der Waals surface area contributed by atoms with Gasteiger partial charge in [0, 0.05) is 39.0 Å². The summed E-state index contributed by atoms with van der Waals surface area (Å²) in [5, 5.41) is 6.07. The fraction of sp³-hybridized carbons (Fsp3) is 0.333. The minimum absolute atomic E-state index is 0.000268. The Morgan fingerprint density at radius 3 is 2.70 bits per heavy atom. The number of aromatic nitrogens is 3. The summed E-state index contributed by atoms with van der Waals surface area (Å²) in [7, 11) is 5.25. The number of ether oxygens (including phenoxy) is 3. The zero-order chi connectivity index (χ0) is 28.0. The first kappa shape index (κ1) is 25.9. The fourth-order valence-corrected chi connectivity index (χ4v) is 5.07. The Balaban J connectivity index is 1.42. The fourth-order valence-electron chi connectivity index (χ4n) is 5.07. The standard InChI is InChI=1S/C27H28F3N7O3/c1-36(2)19-7-5-4-6-17(19)32-25-23-16(27(28,29)30)12-31-24(23)34-26(35-25)33-18-10-22-20(11-21(18)38-3)37-8-9-39-13-15(37)14-40-22/h4-7,10-12,15H,8-9,13-14H2,1-3H3,(H3,31,32,33,34,35). The summed E-state index contributed by atoms with van der Waals surface area (Å²) in [6, 6.07) is 11.1. The summed E-state index contributed by atoms with van der Waals surface area (Å²) in [6.45, 7) is 2.41. The smallest absolute Gasteiger partial charge is 0.418 e. The minimum atomic E-state index is -4.61. The third-order valence-corrected chi connectivity index (χ3v) is 6.97. The number of anilines is 6. The molecule has 0 saturated carbocycles. The quantitative estimate of drug-likeness (QED) is 0.299. The molecule has 10 nitrogen and oxygen atoms in total. The van der Waals surface area contributed by atoms with Gasteiger partial charge in [0.2, 0.25) is 5.95 Å². The van der Waals surface area contributed by atoms with Crippen molar-refractivity contribution in [3.05, 3.63) is 48.2 Å². The van der Waals surface area contributed by atoms with Crippen molar-refractivity contribution in [2.45, 2.75) is 12.2 Å². The molecule has 0 radical (unpaired) electrons. The number of H-pyrrole nitrogens is 1. The first-order valence-electron chi connectivity index (χ1n) is 12.7. The highest BCUT2D eigenvalue weighted by molar-refractivity contribution is 5.95. The van der Waals surface area contributed by atoms with Crippen molar-refractivity contribution in [2.24, 2.45) is 0 Å². The molecule has 2 aliphatic heterocycles. The lowest BCUT2D eigenvalue weighted by Crippen LogP contribution is -2.51. The average Bonchev–Trinajstić information content (AvgIpc) is 3.38. The van der Waals surface area contributed by atoms with Crippen LogP contribution in [0.15, 0.2) is 42.6 Å². The molecule has 3 N–H and O–H groups in total. The molecular weight excluding hydrogens is 527 g/mol. The number of nitrogens with one attached hydrogen (secondary N) is 3. The number of halogens is 3. The monoisotopic (exact) mass is 555 g/mol. The molecule has 0 amide bonds. The van der Waals surface area contributed by atoms with E-state index in [0.29, 0.717) is 42.7 Å². The van der Waals surface area contributed by atoms with Crippen molar-refractivity contribution in [3.63, 3.8) is 0 Å². The highest BCUT2D eigenvalue weighted by Crippen LogP contribution is 2.44. The van der Waals surface area contributed by atoms with Crippen LogP contribution in [-0.4, -0.2) is 68.6 Å². The second-order valence-electron chi connectivity index (χ2n) is 9.73. The second-order valence-corrected chi connectivity index (χ2v) is 9.73. The summed E-state index contributed by atoms with van der Waals surface area (Å²) >= 11 is 0. The van der Waals surface area contributed by atoms with E-state index in [9.17, 15) is 13.2 Å². The van der Waals surface area contributed by atoms with E-state index in [4.69, 9.17) is 14.2 Å². The number of alkyl halides is 3. The summed E-state index contributed by atoms with van der Waals surface area (Å²) in [5.41, 5.74) is 1.93. The molecule has 40 heavy (non-hydrogen) atoms. The van der Waals surface area contributed by atoms with Crippen molar-refractivity contribution in [2.75, 3.05) is 68.0 Å². The van der Waals surface area contributed by atoms with Gasteiger partial charge in [-0.2, -0.15) is 23.1 Å². The zero-order valence-electron chi connectivity index (χ0n) is 22.1. The van der Waals surface area contributed by atoms with Crippen molar-refractivity contribution >= 4 is 45.5 Å². The Morgan fingerprint density at radius 2 is 1.93 bits per heavy atom. The molecule has 210 valence electrons. The third kappa shape index (κ3) is 4.66. The van der Waals surface area contributed by atoms with Gasteiger partial charge < -0.3 is 39.6 Å². The third-order valence-electron chi connectivity index (χ3n) is 6.97. The molecule has 1 saturated heterocycles. The molecule has 1 atom stereocenters. The van der Waals surface area contributed by atoms with Crippen molar-refractivity contribution in [1.29, 1.82) is 0 Å². The maximum Gasteiger partial charge on any atom is 0.418 e. The average molecular weight is 556 g/mol. The lowest BCUT2D eigenvalue weighted by Gasteiger charge is -2.41. The van der Waals surface area contributed by atoms with Crippen LogP contribution in [0.1, 0.15) is 5.56 Å². The van der Waals surface area contributed by atoms with Crippen molar-refractivity contribution < 1.29 is 27.4 Å². The Morgan fingerprint density at radius 1 is 1.10 bits per heavy atom. The topological polar surface area (TPSA) is 99.8 Å². The molecule has 4 aromatic rings. The number of aromatic amines is 1. The van der Waals surface area contributed by atoms with E-state index in [1.54, 1.807) is 25.3 Å². The lowest BCUT2D eigenvalue weighted by molar-refractivity contribution is -0.136. The molecule has 1 fully saturated rings. The molecule has 2 aromatic heterocycles. The van der Waals surface area contributed by atoms with Gasteiger partial charge in [-0.25, -0.2) is 0 Å². The van der Waals surface area contributed by atoms with E-state index >= 15 is 0 Å². The lowest BCUT2D eigenvalue weighted by atomic mass is 10.1. The first-order valence-corrected chi connectivity index (χ1v) is 12.7. The molecule has 2 aromatic carbocycles. The van der Waals surface area contributed by atoms with Gasteiger partial charge in [0.05, 0.1) is 60.1 Å². The number of hydrogen-bond acceptors (Lipinski definition) is 9. The van der Waals surface area contributed by atoms with Crippen LogP contribution in [0, 0.1) is 0 Å². The summed E-state index contributed by atoms with van der Waals surface area (Å²) in [6.07, 6.45) is -3.71. The number of rotatable bonds is 6. The summed E-state index contributed by atoms with van der Waals surface area (Å²) < 4.78 is 59.1. The van der Waals surface area contributed by atoms with E-state index in [-0.39, 0.29) is 28.8 Å². The van der Waals surface area contributed by atoms with Gasteiger partial charge in [0.15, 0.2) is 0 Å². The van der Waals surface area contributed by atoms with Crippen molar-refractivity contribution in [1.82, 2.24) is 15.0 Å². The molecule has 6 rings (SSSR count). The molecule has 2 aliphatic rings. The van der Waals surface area contributed by atoms with E-state index in [2.05, 4.69) is 30.5 Å². The number of fused-ring (bicyclic) bond motifs is 4. The minimum Gasteiger partial charge on any atom is -0.494 e. The predicted molar refractivity (Wildman–Crippen MR) is 147 cm³/mol. The van der Waals surface area contributed by atoms with Crippen LogP contribution in [0.3, 0.4) is 0 Å². The molecule has 0 aliphatic carbocycles. The molecule has 4 heterocycles. The van der Waals surface area contributed by atoms with Crippen LogP contribution in [0.2, 0.25) is 0 Å². The Hall–Kier alpha value is -4.39. The zero-order valence-corrected chi connectivity index (χ0v) is 22.1. The number of methoxy groups -OCH3 is 1. The second kappa shape index (κ2) is 9.97. The van der Waals surface area contributed by atoms with Crippen LogP contribution in [0.25, 0.3) is 11.0 Å². The Bertz CT molecular complexity index is 1560. The molecular formula is C27H28F3N7O3. The first-order chi connectivity index (χ1) is 19.2.